The molecule has 2 N–H and O–H groups in total. The van der Waals surface area contributed by atoms with Gasteiger partial charge in [-0.2, -0.15) is 0 Å². The Balaban J connectivity index is 2.45. The molecule has 0 amide bonds. The number of hydrazine groups is 1. The van der Waals surface area contributed by atoms with Crippen molar-refractivity contribution >= 4 is 5.97 Å². The predicted molar refractivity (Wildman–Crippen MR) is 36.4 cm³/mol. The van der Waals surface area contributed by atoms with E-state index in [9.17, 15) is 4.79 Å². The fourth-order valence-electron chi connectivity index (χ4n) is 0.927. The Labute approximate surface area is 59.8 Å². The van der Waals surface area contributed by atoms with Crippen molar-refractivity contribution in [2.75, 3.05) is 14.1 Å². The Morgan fingerprint density at radius 2 is 2.10 bits per heavy atom. The van der Waals surface area contributed by atoms with Crippen molar-refractivity contribution in [1.82, 2.24) is 10.4 Å². The first-order valence-corrected chi connectivity index (χ1v) is 3.25. The highest BCUT2D eigenvalue weighted by atomic mass is 16.4. The molecule has 0 saturated heterocycles. The number of carboxylic acid groups (broad SMARTS) is 1. The third-order valence-electron chi connectivity index (χ3n) is 1.60. The van der Waals surface area contributed by atoms with Crippen molar-refractivity contribution in [3.05, 3.63) is 0 Å². The average molecular weight is 144 g/mol. The van der Waals surface area contributed by atoms with Gasteiger partial charge in [0.05, 0.1) is 0 Å². The zero-order valence-corrected chi connectivity index (χ0v) is 6.22. The second-order valence-electron chi connectivity index (χ2n) is 2.89. The minimum atomic E-state index is -0.749. The van der Waals surface area contributed by atoms with Gasteiger partial charge in [-0.05, 0) is 12.8 Å². The number of carboxylic acids is 1. The van der Waals surface area contributed by atoms with Gasteiger partial charge in [-0.3, -0.25) is 4.79 Å². The number of hydrogen-bond donors (Lipinski definition) is 2. The third-order valence-corrected chi connectivity index (χ3v) is 1.60. The Hall–Kier alpha value is -0.610. The van der Waals surface area contributed by atoms with Crippen LogP contribution in [-0.4, -0.2) is 35.7 Å². The maximum atomic E-state index is 10.5. The minimum absolute atomic E-state index is 0.635. The highest BCUT2D eigenvalue weighted by Crippen LogP contribution is 2.35. The summed E-state index contributed by atoms with van der Waals surface area (Å²) in [6.45, 7) is 0. The van der Waals surface area contributed by atoms with E-state index in [1.54, 1.807) is 19.1 Å². The van der Waals surface area contributed by atoms with Crippen LogP contribution in [0, 0.1) is 0 Å². The van der Waals surface area contributed by atoms with Crippen molar-refractivity contribution in [2.24, 2.45) is 0 Å². The Kier molecular flexibility index (Phi) is 1.66. The van der Waals surface area contributed by atoms with Gasteiger partial charge in [-0.15, -0.1) is 0 Å². The number of nitrogens with one attached hydrogen (secondary N) is 1. The van der Waals surface area contributed by atoms with Crippen molar-refractivity contribution in [1.29, 1.82) is 0 Å². The van der Waals surface area contributed by atoms with Crippen molar-refractivity contribution in [3.8, 4) is 0 Å². The number of aliphatic carboxylic acids is 1. The molecule has 10 heavy (non-hydrogen) atoms. The van der Waals surface area contributed by atoms with Gasteiger partial charge in [-0.25, -0.2) is 10.4 Å². The Morgan fingerprint density at radius 1 is 1.60 bits per heavy atom. The average Bonchev–Trinajstić information content (AvgIpc) is 2.46. The van der Waals surface area contributed by atoms with Gasteiger partial charge in [-0.1, -0.05) is 0 Å². The van der Waals surface area contributed by atoms with Gasteiger partial charge >= 0.3 is 5.97 Å². The van der Waals surface area contributed by atoms with Crippen LogP contribution in [0.25, 0.3) is 0 Å². The van der Waals surface area contributed by atoms with E-state index in [0.717, 1.165) is 12.8 Å². The first-order chi connectivity index (χ1) is 4.57. The summed E-state index contributed by atoms with van der Waals surface area (Å²) in [6, 6.07) is 0. The van der Waals surface area contributed by atoms with E-state index in [4.69, 9.17) is 5.11 Å². The quantitative estimate of drug-likeness (QED) is 0.532. The molecule has 0 aliphatic heterocycles. The summed E-state index contributed by atoms with van der Waals surface area (Å²) in [5.74, 6) is -0.749. The molecular weight excluding hydrogens is 132 g/mol. The van der Waals surface area contributed by atoms with Crippen LogP contribution in [0.4, 0.5) is 0 Å². The molecule has 58 valence electrons. The maximum Gasteiger partial charge on any atom is 0.325 e. The molecular formula is C6H12N2O2. The van der Waals surface area contributed by atoms with Crippen LogP contribution in [0.2, 0.25) is 0 Å². The molecule has 1 fully saturated rings. The molecule has 1 saturated carbocycles. The number of carbonyl (C=O) groups is 1. The fourth-order valence-corrected chi connectivity index (χ4v) is 0.927. The van der Waals surface area contributed by atoms with Gasteiger partial charge in [0.25, 0.3) is 0 Å². The second kappa shape index (κ2) is 2.21. The largest absolute Gasteiger partial charge is 0.480 e. The van der Waals surface area contributed by atoms with E-state index >= 15 is 0 Å². The van der Waals surface area contributed by atoms with E-state index < -0.39 is 11.5 Å². The summed E-state index contributed by atoms with van der Waals surface area (Å²) in [4.78, 5) is 10.5. The van der Waals surface area contributed by atoms with Crippen LogP contribution in [-0.2, 0) is 4.79 Å². The highest BCUT2D eigenvalue weighted by Gasteiger charge is 2.50. The molecule has 4 heteroatoms. The van der Waals surface area contributed by atoms with E-state index in [1.165, 1.54) is 0 Å². The van der Waals surface area contributed by atoms with E-state index in [1.807, 2.05) is 0 Å². The lowest BCUT2D eigenvalue weighted by Crippen LogP contribution is -2.46. The smallest absolute Gasteiger partial charge is 0.325 e. The first kappa shape index (κ1) is 7.50. The number of nitrogens with zero attached hydrogens (tertiary/aromatic N) is 1. The lowest BCUT2D eigenvalue weighted by molar-refractivity contribution is -0.142. The van der Waals surface area contributed by atoms with Crippen molar-refractivity contribution < 1.29 is 9.90 Å². The second-order valence-corrected chi connectivity index (χ2v) is 2.89. The van der Waals surface area contributed by atoms with Gasteiger partial charge in [0, 0.05) is 14.1 Å². The number of hydrogen-bond acceptors (Lipinski definition) is 3. The third kappa shape index (κ3) is 1.27. The van der Waals surface area contributed by atoms with Crippen LogP contribution in [0.3, 0.4) is 0 Å². The predicted octanol–water partition coefficient (Wildman–Crippen LogP) is -0.330. The molecule has 0 aromatic carbocycles. The standard InChI is InChI=1S/C6H12N2O2/c1-8(2)7-6(3-4-6)5(9)10/h7H,3-4H2,1-2H3,(H,9,10). The monoisotopic (exact) mass is 144 g/mol. The molecule has 0 bridgehead atoms. The summed E-state index contributed by atoms with van der Waals surface area (Å²) < 4.78 is 0. The molecule has 0 heterocycles. The Morgan fingerprint density at radius 3 is 2.20 bits per heavy atom. The summed E-state index contributed by atoms with van der Waals surface area (Å²) in [6.07, 6.45) is 1.47. The molecule has 4 nitrogen and oxygen atoms in total. The van der Waals surface area contributed by atoms with E-state index in [0.29, 0.717) is 0 Å². The lowest BCUT2D eigenvalue weighted by Gasteiger charge is -2.17. The fraction of sp³-hybridized carbons (Fsp3) is 0.833. The molecule has 0 spiro atoms. The topological polar surface area (TPSA) is 52.6 Å². The van der Waals surface area contributed by atoms with E-state index in [2.05, 4.69) is 5.43 Å². The lowest BCUT2D eigenvalue weighted by atomic mass is 10.3. The molecule has 0 aromatic rings. The highest BCUT2D eigenvalue weighted by molar-refractivity contribution is 5.82. The van der Waals surface area contributed by atoms with Gasteiger partial charge in [0.2, 0.25) is 0 Å². The maximum absolute atomic E-state index is 10.5. The van der Waals surface area contributed by atoms with Crippen LogP contribution in [0.5, 0.6) is 0 Å². The normalized spacial score (nSPS) is 21.1. The zero-order chi connectivity index (χ0) is 7.78. The molecule has 0 radical (unpaired) electrons. The summed E-state index contributed by atoms with van der Waals surface area (Å²) in [5.41, 5.74) is 2.23. The summed E-state index contributed by atoms with van der Waals surface area (Å²) >= 11 is 0. The molecule has 0 atom stereocenters. The zero-order valence-electron chi connectivity index (χ0n) is 6.22. The van der Waals surface area contributed by atoms with Crippen molar-refractivity contribution in [3.63, 3.8) is 0 Å². The van der Waals surface area contributed by atoms with Crippen LogP contribution >= 0.6 is 0 Å². The van der Waals surface area contributed by atoms with E-state index in [-0.39, 0.29) is 0 Å². The Bertz CT molecular complexity index is 152. The molecule has 1 aliphatic carbocycles. The molecule has 1 rings (SSSR count). The molecule has 0 aromatic heterocycles. The van der Waals surface area contributed by atoms with Crippen LogP contribution in [0.1, 0.15) is 12.8 Å². The molecule has 0 unspecified atom stereocenters. The SMILES string of the molecule is CN(C)NC1(C(=O)O)CC1. The van der Waals surface area contributed by atoms with Gasteiger partial charge in [0.15, 0.2) is 0 Å². The summed E-state index contributed by atoms with van der Waals surface area (Å²) in [7, 11) is 3.59. The summed E-state index contributed by atoms with van der Waals surface area (Å²) in [5, 5.41) is 10.3. The van der Waals surface area contributed by atoms with Crippen LogP contribution < -0.4 is 5.43 Å². The van der Waals surface area contributed by atoms with Gasteiger partial charge < -0.3 is 5.11 Å². The van der Waals surface area contributed by atoms with Gasteiger partial charge in [0.1, 0.15) is 5.54 Å². The first-order valence-electron chi connectivity index (χ1n) is 3.25. The number of rotatable bonds is 3. The van der Waals surface area contributed by atoms with Crippen molar-refractivity contribution in [2.45, 2.75) is 18.4 Å². The van der Waals surface area contributed by atoms with Crippen LogP contribution in [0.15, 0.2) is 0 Å². The molecule has 1 aliphatic rings. The minimum Gasteiger partial charge on any atom is -0.480 e.